The van der Waals surface area contributed by atoms with Crippen molar-refractivity contribution in [2.75, 3.05) is 0 Å². The summed E-state index contributed by atoms with van der Waals surface area (Å²) in [5.41, 5.74) is 1.62. The summed E-state index contributed by atoms with van der Waals surface area (Å²) >= 11 is 2.19. The Morgan fingerprint density at radius 2 is 2.10 bits per heavy atom. The van der Waals surface area contributed by atoms with Gasteiger partial charge in [0.2, 0.25) is 0 Å². The molecule has 0 N–H and O–H groups in total. The summed E-state index contributed by atoms with van der Waals surface area (Å²) in [4.78, 5) is 26.7. The van der Waals surface area contributed by atoms with Crippen LogP contribution in [-0.2, 0) is 0 Å². The number of thiazole rings is 1. The molecule has 21 heavy (non-hydrogen) atoms. The molecule has 3 aromatic heterocycles. The summed E-state index contributed by atoms with van der Waals surface area (Å²) < 4.78 is 0.532. The van der Waals surface area contributed by atoms with Crippen LogP contribution in [0, 0.1) is 10.1 Å². The average molecular weight is 317 g/mol. The Balaban J connectivity index is 1.84. The molecule has 0 aliphatic carbocycles. The lowest BCUT2D eigenvalue weighted by atomic mass is 10.2. The Morgan fingerprint density at radius 1 is 1.19 bits per heavy atom. The van der Waals surface area contributed by atoms with Crippen molar-refractivity contribution < 1.29 is 4.92 Å². The third kappa shape index (κ3) is 3.20. The van der Waals surface area contributed by atoms with Gasteiger partial charge in [-0.3, -0.25) is 15.1 Å². The molecule has 0 amide bonds. The zero-order chi connectivity index (χ0) is 14.7. The van der Waals surface area contributed by atoms with Crippen LogP contribution in [0.25, 0.3) is 11.3 Å². The molecule has 0 aliphatic heterocycles. The van der Waals surface area contributed by atoms with Gasteiger partial charge in [-0.05, 0) is 41.3 Å². The van der Waals surface area contributed by atoms with E-state index in [2.05, 4.69) is 19.9 Å². The molecule has 3 heterocycles. The normalized spacial score (nSPS) is 10.5. The van der Waals surface area contributed by atoms with Gasteiger partial charge in [-0.2, -0.15) is 0 Å². The molecule has 9 heteroatoms. The van der Waals surface area contributed by atoms with E-state index in [0.29, 0.717) is 9.50 Å². The molecule has 0 unspecified atom stereocenters. The van der Waals surface area contributed by atoms with Crippen molar-refractivity contribution in [1.82, 2.24) is 19.9 Å². The Kier molecular flexibility index (Phi) is 3.84. The van der Waals surface area contributed by atoms with E-state index in [4.69, 9.17) is 0 Å². The minimum absolute atomic E-state index is 0.000846. The molecule has 7 nitrogen and oxygen atoms in total. The first-order valence-corrected chi connectivity index (χ1v) is 7.37. The van der Waals surface area contributed by atoms with Crippen molar-refractivity contribution >= 4 is 28.1 Å². The first-order chi connectivity index (χ1) is 10.2. The van der Waals surface area contributed by atoms with Crippen LogP contribution in [0.2, 0.25) is 0 Å². The Morgan fingerprint density at radius 3 is 2.81 bits per heavy atom. The first-order valence-electron chi connectivity index (χ1n) is 5.74. The summed E-state index contributed by atoms with van der Waals surface area (Å²) in [7, 11) is 0. The summed E-state index contributed by atoms with van der Waals surface area (Å²) in [6.45, 7) is 0. The minimum Gasteiger partial charge on any atom is -0.264 e. The SMILES string of the molecule is O=[N+]([O-])c1cnc(Sc2nccc(-c3cccnc3)n2)s1. The van der Waals surface area contributed by atoms with Crippen LogP contribution < -0.4 is 0 Å². The van der Waals surface area contributed by atoms with Crippen LogP contribution in [-0.4, -0.2) is 24.9 Å². The van der Waals surface area contributed by atoms with Crippen molar-refractivity contribution in [3.8, 4) is 11.3 Å². The molecule has 0 bridgehead atoms. The summed E-state index contributed by atoms with van der Waals surface area (Å²) in [5.74, 6) is 0. The predicted molar refractivity (Wildman–Crippen MR) is 78.2 cm³/mol. The van der Waals surface area contributed by atoms with Crippen LogP contribution in [0.1, 0.15) is 0 Å². The second-order valence-electron chi connectivity index (χ2n) is 3.79. The van der Waals surface area contributed by atoms with Gasteiger partial charge in [0.05, 0.1) is 10.6 Å². The van der Waals surface area contributed by atoms with Gasteiger partial charge in [-0.15, -0.1) is 0 Å². The fourth-order valence-corrected chi connectivity index (χ4v) is 3.15. The highest BCUT2D eigenvalue weighted by Crippen LogP contribution is 2.32. The largest absolute Gasteiger partial charge is 0.344 e. The molecule has 0 aliphatic rings. The minimum atomic E-state index is -0.464. The van der Waals surface area contributed by atoms with Crippen molar-refractivity contribution in [3.63, 3.8) is 0 Å². The lowest BCUT2D eigenvalue weighted by Gasteiger charge is -2.01. The van der Waals surface area contributed by atoms with Gasteiger partial charge < -0.3 is 0 Å². The molecule has 0 saturated heterocycles. The van der Waals surface area contributed by atoms with Crippen molar-refractivity contribution in [1.29, 1.82) is 0 Å². The first kappa shape index (κ1) is 13.6. The Bertz CT molecular complexity index is 778. The van der Waals surface area contributed by atoms with E-state index in [1.165, 1.54) is 18.0 Å². The predicted octanol–water partition coefficient (Wildman–Crippen LogP) is 3.05. The van der Waals surface area contributed by atoms with Gasteiger partial charge in [-0.1, -0.05) is 0 Å². The van der Waals surface area contributed by atoms with Gasteiger partial charge in [-0.25, -0.2) is 15.0 Å². The van der Waals surface area contributed by atoms with E-state index >= 15 is 0 Å². The van der Waals surface area contributed by atoms with Gasteiger partial charge in [0, 0.05) is 24.2 Å². The van der Waals surface area contributed by atoms with E-state index in [9.17, 15) is 10.1 Å². The van der Waals surface area contributed by atoms with Crippen molar-refractivity contribution in [2.45, 2.75) is 9.50 Å². The number of rotatable bonds is 4. The molecular weight excluding hydrogens is 310 g/mol. The van der Waals surface area contributed by atoms with Crippen LogP contribution in [0.3, 0.4) is 0 Å². The number of aromatic nitrogens is 4. The van der Waals surface area contributed by atoms with Gasteiger partial charge in [0.25, 0.3) is 0 Å². The number of nitro groups is 1. The highest BCUT2D eigenvalue weighted by atomic mass is 32.2. The van der Waals surface area contributed by atoms with Crippen molar-refractivity contribution in [2.24, 2.45) is 0 Å². The summed E-state index contributed by atoms with van der Waals surface area (Å²) in [5, 5.41) is 11.1. The maximum Gasteiger partial charge on any atom is 0.344 e. The zero-order valence-electron chi connectivity index (χ0n) is 10.4. The van der Waals surface area contributed by atoms with Gasteiger partial charge in [0.1, 0.15) is 6.20 Å². The fraction of sp³-hybridized carbons (Fsp3) is 0. The molecule has 3 aromatic rings. The summed E-state index contributed by atoms with van der Waals surface area (Å²) in [6, 6.07) is 5.51. The molecule has 104 valence electrons. The van der Waals surface area contributed by atoms with Gasteiger partial charge in [0.15, 0.2) is 9.50 Å². The molecule has 3 rings (SSSR count). The Labute approximate surface area is 127 Å². The smallest absolute Gasteiger partial charge is 0.264 e. The maximum atomic E-state index is 10.6. The number of nitrogens with zero attached hydrogens (tertiary/aromatic N) is 5. The van der Waals surface area contributed by atoms with Crippen molar-refractivity contribution in [3.05, 3.63) is 53.1 Å². The standard InChI is InChI=1S/C12H7N5O2S2/c18-17(19)10-7-15-12(20-10)21-11-14-5-3-9(16-11)8-2-1-4-13-6-8/h1-7H. The molecule has 0 fully saturated rings. The van der Waals surface area contributed by atoms with Crippen LogP contribution in [0.15, 0.2) is 52.5 Å². The molecule has 0 aromatic carbocycles. The third-order valence-corrected chi connectivity index (χ3v) is 4.32. The lowest BCUT2D eigenvalue weighted by Crippen LogP contribution is -1.89. The maximum absolute atomic E-state index is 10.6. The number of hydrogen-bond acceptors (Lipinski definition) is 8. The van der Waals surface area contributed by atoms with E-state index in [1.54, 1.807) is 24.7 Å². The molecule has 0 atom stereocenters. The Hall–Kier alpha value is -2.39. The third-order valence-electron chi connectivity index (χ3n) is 2.42. The second kappa shape index (κ2) is 5.94. The lowest BCUT2D eigenvalue weighted by molar-refractivity contribution is -0.380. The highest BCUT2D eigenvalue weighted by Gasteiger charge is 2.13. The number of hydrogen-bond donors (Lipinski definition) is 0. The molecular formula is C12H7N5O2S2. The average Bonchev–Trinajstić information content (AvgIpc) is 2.97. The van der Waals surface area contributed by atoms with E-state index in [-0.39, 0.29) is 5.00 Å². The number of pyridine rings is 1. The van der Waals surface area contributed by atoms with E-state index in [1.807, 2.05) is 12.1 Å². The second-order valence-corrected chi connectivity index (χ2v) is 6.01. The monoisotopic (exact) mass is 317 g/mol. The quantitative estimate of drug-likeness (QED) is 0.414. The summed E-state index contributed by atoms with van der Waals surface area (Å²) in [6.07, 6.45) is 6.28. The molecule has 0 saturated carbocycles. The highest BCUT2D eigenvalue weighted by molar-refractivity contribution is 8.00. The van der Waals surface area contributed by atoms with E-state index < -0.39 is 4.92 Å². The van der Waals surface area contributed by atoms with Crippen LogP contribution in [0.4, 0.5) is 5.00 Å². The van der Waals surface area contributed by atoms with Crippen LogP contribution >= 0.6 is 23.1 Å². The molecule has 0 radical (unpaired) electrons. The zero-order valence-corrected chi connectivity index (χ0v) is 12.0. The fourth-order valence-electron chi connectivity index (χ4n) is 1.52. The van der Waals surface area contributed by atoms with Gasteiger partial charge >= 0.3 is 5.00 Å². The van der Waals surface area contributed by atoms with E-state index in [0.717, 1.165) is 22.6 Å². The topological polar surface area (TPSA) is 94.7 Å². The molecule has 0 spiro atoms. The van der Waals surface area contributed by atoms with Crippen LogP contribution in [0.5, 0.6) is 0 Å².